The molecule has 5 heteroatoms. The number of aryl methyl sites for hydroxylation is 1. The van der Waals surface area contributed by atoms with E-state index >= 15 is 0 Å². The van der Waals surface area contributed by atoms with Crippen molar-refractivity contribution in [3.63, 3.8) is 0 Å². The number of methoxy groups -OCH3 is 1. The van der Waals surface area contributed by atoms with Gasteiger partial charge in [-0.15, -0.1) is 0 Å². The summed E-state index contributed by atoms with van der Waals surface area (Å²) in [5.74, 6) is 1.34. The van der Waals surface area contributed by atoms with Gasteiger partial charge in [0.1, 0.15) is 6.61 Å². The number of allylic oxidation sites excluding steroid dienone is 2. The van der Waals surface area contributed by atoms with Gasteiger partial charge in [0, 0.05) is 40.4 Å². The standard InChI is InChI=1S/C31H28N2O3/c1-19-11-13-22-23(32-19)14-15-25-30(22)29(31-24(33-25)9-6-10-26(31)34)21-12-16-27(28(17-21)35-2)36-18-20-7-4-3-5-8-20/h3-5,7-8,11-17,29,33H,6,9-10,18H2,1-2H3/t29-/m0/s1. The van der Waals surface area contributed by atoms with Crippen molar-refractivity contribution in [1.82, 2.24) is 4.98 Å². The lowest BCUT2D eigenvalue weighted by atomic mass is 9.74. The monoisotopic (exact) mass is 476 g/mol. The number of carbonyl (C=O) groups excluding carboxylic acids is 1. The molecule has 5 nitrogen and oxygen atoms in total. The van der Waals surface area contributed by atoms with Crippen LogP contribution in [0.1, 0.15) is 47.6 Å². The minimum Gasteiger partial charge on any atom is -0.493 e. The molecule has 1 aliphatic heterocycles. The number of carbonyl (C=O) groups is 1. The first kappa shape index (κ1) is 22.4. The van der Waals surface area contributed by atoms with E-state index in [-0.39, 0.29) is 11.7 Å². The van der Waals surface area contributed by atoms with Crippen molar-refractivity contribution in [3.05, 3.63) is 106 Å². The van der Waals surface area contributed by atoms with Gasteiger partial charge in [0.25, 0.3) is 0 Å². The third-order valence-corrected chi connectivity index (χ3v) is 7.13. The van der Waals surface area contributed by atoms with Crippen LogP contribution in [0, 0.1) is 6.92 Å². The van der Waals surface area contributed by atoms with Gasteiger partial charge in [0.2, 0.25) is 0 Å². The van der Waals surface area contributed by atoms with Gasteiger partial charge in [0.15, 0.2) is 17.3 Å². The van der Waals surface area contributed by atoms with E-state index in [4.69, 9.17) is 14.5 Å². The summed E-state index contributed by atoms with van der Waals surface area (Å²) in [5.41, 5.74) is 8.03. The smallest absolute Gasteiger partial charge is 0.161 e. The molecule has 3 aromatic carbocycles. The van der Waals surface area contributed by atoms with E-state index in [1.165, 1.54) is 0 Å². The Morgan fingerprint density at radius 1 is 0.972 bits per heavy atom. The van der Waals surface area contributed by atoms with Gasteiger partial charge < -0.3 is 14.8 Å². The molecule has 0 radical (unpaired) electrons. The van der Waals surface area contributed by atoms with Crippen LogP contribution in [0.5, 0.6) is 11.5 Å². The molecule has 0 spiro atoms. The molecular formula is C31H28N2O3. The van der Waals surface area contributed by atoms with E-state index in [1.54, 1.807) is 7.11 Å². The molecule has 180 valence electrons. The minimum atomic E-state index is -0.200. The Morgan fingerprint density at radius 2 is 1.83 bits per heavy atom. The molecule has 2 aliphatic rings. The molecule has 36 heavy (non-hydrogen) atoms. The summed E-state index contributed by atoms with van der Waals surface area (Å²) >= 11 is 0. The van der Waals surface area contributed by atoms with E-state index in [0.717, 1.165) is 63.1 Å². The van der Waals surface area contributed by atoms with E-state index in [2.05, 4.69) is 29.6 Å². The van der Waals surface area contributed by atoms with Crippen LogP contribution in [-0.2, 0) is 11.4 Å². The number of aromatic nitrogens is 1. The SMILES string of the molecule is COc1cc([C@@H]2C3=C(CCCC3=O)Nc3ccc4nc(C)ccc4c32)ccc1OCc1ccccc1. The van der Waals surface area contributed by atoms with Crippen LogP contribution >= 0.6 is 0 Å². The predicted molar refractivity (Wildman–Crippen MR) is 142 cm³/mol. The van der Waals surface area contributed by atoms with Crippen LogP contribution < -0.4 is 14.8 Å². The third kappa shape index (κ3) is 3.91. The molecule has 1 atom stereocenters. The normalized spacial score (nSPS) is 16.8. The third-order valence-electron chi connectivity index (χ3n) is 7.13. The molecule has 2 heterocycles. The maximum Gasteiger partial charge on any atom is 0.161 e. The number of nitrogens with zero attached hydrogens (tertiary/aromatic N) is 1. The van der Waals surface area contributed by atoms with E-state index < -0.39 is 0 Å². The average Bonchev–Trinajstić information content (AvgIpc) is 2.91. The summed E-state index contributed by atoms with van der Waals surface area (Å²) in [7, 11) is 1.66. The number of hydrogen-bond acceptors (Lipinski definition) is 5. The van der Waals surface area contributed by atoms with E-state index in [1.807, 2.05) is 55.5 Å². The highest BCUT2D eigenvalue weighted by molar-refractivity contribution is 6.03. The number of hydrogen-bond donors (Lipinski definition) is 1. The topological polar surface area (TPSA) is 60.5 Å². The highest BCUT2D eigenvalue weighted by Gasteiger charge is 2.36. The van der Waals surface area contributed by atoms with Crippen LogP contribution in [0.15, 0.2) is 84.1 Å². The molecule has 0 unspecified atom stereocenters. The molecular weight excluding hydrogens is 448 g/mol. The molecule has 4 aromatic rings. The molecule has 0 fully saturated rings. The Bertz CT molecular complexity index is 1510. The summed E-state index contributed by atoms with van der Waals surface area (Å²) in [4.78, 5) is 18.1. The fourth-order valence-corrected chi connectivity index (χ4v) is 5.44. The van der Waals surface area contributed by atoms with E-state index in [0.29, 0.717) is 24.5 Å². The molecule has 0 bridgehead atoms. The second kappa shape index (κ2) is 9.15. The Hall–Kier alpha value is -4.12. The van der Waals surface area contributed by atoms with Gasteiger partial charge in [-0.05, 0) is 66.8 Å². The number of anilines is 1. The summed E-state index contributed by atoms with van der Waals surface area (Å²) in [5, 5.41) is 4.65. The van der Waals surface area contributed by atoms with Gasteiger partial charge in [-0.2, -0.15) is 0 Å². The summed E-state index contributed by atoms with van der Waals surface area (Å²) in [6.45, 7) is 2.45. The predicted octanol–water partition coefficient (Wildman–Crippen LogP) is 6.70. The Labute approximate surface area is 210 Å². The molecule has 6 rings (SSSR count). The lowest BCUT2D eigenvalue weighted by molar-refractivity contribution is -0.116. The molecule has 1 aliphatic carbocycles. The molecule has 0 amide bonds. The van der Waals surface area contributed by atoms with Crippen LogP contribution in [0.4, 0.5) is 5.69 Å². The summed E-state index contributed by atoms with van der Waals surface area (Å²) in [6.07, 6.45) is 2.32. The minimum absolute atomic E-state index is 0.200. The van der Waals surface area contributed by atoms with Crippen molar-refractivity contribution in [1.29, 1.82) is 0 Å². The molecule has 0 saturated heterocycles. The fraction of sp³-hybridized carbons (Fsp3) is 0.226. The Kier molecular flexibility index (Phi) is 5.68. The Balaban J connectivity index is 1.47. The number of rotatable bonds is 5. The zero-order chi connectivity index (χ0) is 24.6. The number of benzene rings is 3. The van der Waals surface area contributed by atoms with Crippen LogP contribution in [0.3, 0.4) is 0 Å². The summed E-state index contributed by atoms with van der Waals surface area (Å²) in [6, 6.07) is 24.4. The second-order valence-electron chi connectivity index (χ2n) is 9.46. The van der Waals surface area contributed by atoms with Crippen molar-refractivity contribution >= 4 is 22.4 Å². The largest absolute Gasteiger partial charge is 0.493 e. The lowest BCUT2D eigenvalue weighted by Crippen LogP contribution is -2.27. The molecule has 1 aromatic heterocycles. The number of Topliss-reactive ketones (excluding diaryl/α,β-unsaturated/α-hetero) is 1. The number of pyridine rings is 1. The van der Waals surface area contributed by atoms with Gasteiger partial charge in [0.05, 0.1) is 12.6 Å². The van der Waals surface area contributed by atoms with E-state index in [9.17, 15) is 4.79 Å². The van der Waals surface area contributed by atoms with Crippen molar-refractivity contribution in [2.24, 2.45) is 0 Å². The number of ether oxygens (including phenoxy) is 2. The number of ketones is 1. The highest BCUT2D eigenvalue weighted by atomic mass is 16.5. The Morgan fingerprint density at radius 3 is 2.67 bits per heavy atom. The second-order valence-corrected chi connectivity index (χ2v) is 9.46. The van der Waals surface area contributed by atoms with Gasteiger partial charge in [-0.1, -0.05) is 42.5 Å². The molecule has 1 N–H and O–H groups in total. The number of nitrogens with one attached hydrogen (secondary N) is 1. The van der Waals surface area contributed by atoms with Crippen molar-refractivity contribution in [2.45, 2.75) is 38.7 Å². The van der Waals surface area contributed by atoms with Crippen molar-refractivity contribution in [2.75, 3.05) is 12.4 Å². The van der Waals surface area contributed by atoms with Crippen molar-refractivity contribution < 1.29 is 14.3 Å². The zero-order valence-electron chi connectivity index (χ0n) is 20.5. The fourth-order valence-electron chi connectivity index (χ4n) is 5.44. The first-order valence-corrected chi connectivity index (χ1v) is 12.4. The zero-order valence-corrected chi connectivity index (χ0v) is 20.5. The lowest BCUT2D eigenvalue weighted by Gasteiger charge is -2.35. The molecule has 0 saturated carbocycles. The van der Waals surface area contributed by atoms with Crippen LogP contribution in [0.2, 0.25) is 0 Å². The quantitative estimate of drug-likeness (QED) is 0.347. The maximum absolute atomic E-state index is 13.3. The summed E-state index contributed by atoms with van der Waals surface area (Å²) < 4.78 is 11.9. The van der Waals surface area contributed by atoms with Gasteiger partial charge in [-0.25, -0.2) is 0 Å². The van der Waals surface area contributed by atoms with Gasteiger partial charge in [-0.3, -0.25) is 9.78 Å². The highest BCUT2D eigenvalue weighted by Crippen LogP contribution is 2.49. The van der Waals surface area contributed by atoms with Crippen molar-refractivity contribution in [3.8, 4) is 11.5 Å². The van der Waals surface area contributed by atoms with Crippen LogP contribution in [0.25, 0.3) is 10.9 Å². The maximum atomic E-state index is 13.3. The first-order valence-electron chi connectivity index (χ1n) is 12.4. The average molecular weight is 477 g/mol. The number of fused-ring (bicyclic) bond motifs is 3. The van der Waals surface area contributed by atoms with Crippen LogP contribution in [-0.4, -0.2) is 17.9 Å². The first-order chi connectivity index (χ1) is 17.6. The van der Waals surface area contributed by atoms with Gasteiger partial charge >= 0.3 is 0 Å².